The second-order valence-electron chi connectivity index (χ2n) is 7.36. The summed E-state index contributed by atoms with van der Waals surface area (Å²) in [6.45, 7) is 7.26. The van der Waals surface area contributed by atoms with Gasteiger partial charge in [-0.1, -0.05) is 39.8 Å². The third-order valence-corrected chi connectivity index (χ3v) is 4.80. The monoisotopic (exact) mass is 388 g/mol. The highest BCUT2D eigenvalue weighted by atomic mass is 16.5. The molecule has 0 spiro atoms. The normalized spacial score (nSPS) is 14.4. The Bertz CT molecular complexity index is 720. The van der Waals surface area contributed by atoms with Crippen LogP contribution in [-0.2, 0) is 14.3 Å². The average Bonchev–Trinajstić information content (AvgIpc) is 2.93. The van der Waals surface area contributed by atoms with Crippen molar-refractivity contribution in [1.29, 1.82) is 0 Å². The second-order valence-corrected chi connectivity index (χ2v) is 7.36. The lowest BCUT2D eigenvalue weighted by atomic mass is 10.0. The molecule has 1 heterocycles. The Hall–Kier alpha value is -2.70. The third kappa shape index (κ3) is 4.77. The number of imide groups is 1. The fourth-order valence-electron chi connectivity index (χ4n) is 3.24. The van der Waals surface area contributed by atoms with E-state index < -0.39 is 36.3 Å². The van der Waals surface area contributed by atoms with Gasteiger partial charge in [0.2, 0.25) is 0 Å². The fraction of sp³-hybridized carbons (Fsp3) is 0.524. The Balaban J connectivity index is 2.12. The molecule has 7 heteroatoms. The van der Waals surface area contributed by atoms with Crippen molar-refractivity contribution in [3.05, 3.63) is 35.4 Å². The number of rotatable bonds is 9. The van der Waals surface area contributed by atoms with Gasteiger partial charge < -0.3 is 10.1 Å². The first kappa shape index (κ1) is 21.6. The lowest BCUT2D eigenvalue weighted by Gasteiger charge is -2.26. The van der Waals surface area contributed by atoms with E-state index in [-0.39, 0.29) is 29.5 Å². The molecule has 0 bridgehead atoms. The SMILES string of the molecule is CCC(CC)NC(=O)COC(=O)[C@@H](CC(C)C)N1C(=O)c2ccccc2C1=O. The predicted molar refractivity (Wildman–Crippen MR) is 104 cm³/mol. The molecule has 1 aliphatic heterocycles. The molecule has 0 unspecified atom stereocenters. The maximum atomic E-state index is 12.7. The molecule has 1 N–H and O–H groups in total. The Kier molecular flexibility index (Phi) is 7.31. The van der Waals surface area contributed by atoms with Crippen LogP contribution in [0, 0.1) is 5.92 Å². The van der Waals surface area contributed by atoms with E-state index in [1.165, 1.54) is 0 Å². The minimum atomic E-state index is -1.06. The molecule has 2 rings (SSSR count). The summed E-state index contributed by atoms with van der Waals surface area (Å²) in [6, 6.07) is 5.44. The average molecular weight is 388 g/mol. The topological polar surface area (TPSA) is 92.8 Å². The van der Waals surface area contributed by atoms with Gasteiger partial charge in [0.05, 0.1) is 11.1 Å². The van der Waals surface area contributed by atoms with Gasteiger partial charge in [-0.2, -0.15) is 0 Å². The number of hydrogen-bond acceptors (Lipinski definition) is 5. The van der Waals surface area contributed by atoms with E-state index in [4.69, 9.17) is 4.74 Å². The van der Waals surface area contributed by atoms with E-state index in [2.05, 4.69) is 5.32 Å². The molecule has 1 aromatic rings. The van der Waals surface area contributed by atoms with Gasteiger partial charge in [0.25, 0.3) is 17.7 Å². The van der Waals surface area contributed by atoms with E-state index in [0.29, 0.717) is 0 Å². The van der Waals surface area contributed by atoms with Crippen LogP contribution in [0.4, 0.5) is 0 Å². The molecule has 0 saturated carbocycles. The van der Waals surface area contributed by atoms with Crippen molar-refractivity contribution in [3.63, 3.8) is 0 Å². The van der Waals surface area contributed by atoms with Gasteiger partial charge in [0, 0.05) is 6.04 Å². The second kappa shape index (κ2) is 9.48. The fourth-order valence-corrected chi connectivity index (χ4v) is 3.24. The Labute approximate surface area is 165 Å². The lowest BCUT2D eigenvalue weighted by Crippen LogP contribution is -2.47. The minimum Gasteiger partial charge on any atom is -0.454 e. The highest BCUT2D eigenvalue weighted by molar-refractivity contribution is 6.22. The van der Waals surface area contributed by atoms with Crippen LogP contribution >= 0.6 is 0 Å². The molecular weight excluding hydrogens is 360 g/mol. The molecule has 0 saturated heterocycles. The molecule has 0 radical (unpaired) electrons. The lowest BCUT2D eigenvalue weighted by molar-refractivity contribution is -0.153. The highest BCUT2D eigenvalue weighted by Crippen LogP contribution is 2.27. The van der Waals surface area contributed by atoms with Crippen LogP contribution in [0.25, 0.3) is 0 Å². The number of carbonyl (C=O) groups excluding carboxylic acids is 4. The smallest absolute Gasteiger partial charge is 0.329 e. The van der Waals surface area contributed by atoms with Crippen molar-refractivity contribution in [2.45, 2.75) is 59.0 Å². The van der Waals surface area contributed by atoms with Gasteiger partial charge in [-0.05, 0) is 37.3 Å². The van der Waals surface area contributed by atoms with Gasteiger partial charge in [-0.15, -0.1) is 0 Å². The van der Waals surface area contributed by atoms with E-state index in [1.54, 1.807) is 24.3 Å². The number of nitrogens with one attached hydrogen (secondary N) is 1. The van der Waals surface area contributed by atoms with E-state index in [9.17, 15) is 19.2 Å². The first-order valence-corrected chi connectivity index (χ1v) is 9.72. The van der Waals surface area contributed by atoms with Gasteiger partial charge in [0.15, 0.2) is 6.61 Å². The highest BCUT2D eigenvalue weighted by Gasteiger charge is 2.43. The summed E-state index contributed by atoms with van der Waals surface area (Å²) in [7, 11) is 0. The molecule has 1 aliphatic rings. The maximum absolute atomic E-state index is 12.7. The molecule has 1 aromatic carbocycles. The zero-order valence-electron chi connectivity index (χ0n) is 16.9. The number of hydrogen-bond donors (Lipinski definition) is 1. The zero-order chi connectivity index (χ0) is 20.8. The van der Waals surface area contributed by atoms with Crippen molar-refractivity contribution in [1.82, 2.24) is 10.2 Å². The molecule has 1 atom stereocenters. The largest absolute Gasteiger partial charge is 0.454 e. The predicted octanol–water partition coefficient (Wildman–Crippen LogP) is 2.55. The van der Waals surface area contributed by atoms with Gasteiger partial charge in [-0.25, -0.2) is 4.79 Å². The molecule has 0 aromatic heterocycles. The van der Waals surface area contributed by atoms with Crippen molar-refractivity contribution in [2.75, 3.05) is 6.61 Å². The van der Waals surface area contributed by atoms with Crippen LogP contribution in [0.5, 0.6) is 0 Å². The summed E-state index contributed by atoms with van der Waals surface area (Å²) in [5.41, 5.74) is 0.557. The number of esters is 1. The number of ether oxygens (including phenoxy) is 1. The summed E-state index contributed by atoms with van der Waals surface area (Å²) >= 11 is 0. The van der Waals surface area contributed by atoms with E-state index >= 15 is 0 Å². The van der Waals surface area contributed by atoms with Crippen LogP contribution in [0.15, 0.2) is 24.3 Å². The van der Waals surface area contributed by atoms with E-state index in [0.717, 1.165) is 17.7 Å². The van der Waals surface area contributed by atoms with Crippen molar-refractivity contribution >= 4 is 23.7 Å². The first-order valence-electron chi connectivity index (χ1n) is 9.72. The maximum Gasteiger partial charge on any atom is 0.329 e. The molecule has 0 aliphatic carbocycles. The van der Waals surface area contributed by atoms with Crippen molar-refractivity contribution in [3.8, 4) is 0 Å². The standard InChI is InChI=1S/C21H28N2O5/c1-5-14(6-2)22-18(24)12-28-21(27)17(11-13(3)4)23-19(25)15-9-7-8-10-16(15)20(23)26/h7-10,13-14,17H,5-6,11-12H2,1-4H3,(H,22,24)/t17-/m1/s1. The third-order valence-electron chi connectivity index (χ3n) is 4.80. The van der Waals surface area contributed by atoms with Crippen LogP contribution in [0.1, 0.15) is 67.7 Å². The molecule has 28 heavy (non-hydrogen) atoms. The Morgan fingerprint density at radius 3 is 2.04 bits per heavy atom. The van der Waals surface area contributed by atoms with Crippen LogP contribution in [0.3, 0.4) is 0 Å². The number of nitrogens with zero attached hydrogens (tertiary/aromatic N) is 1. The first-order chi connectivity index (χ1) is 13.3. The van der Waals surface area contributed by atoms with Gasteiger partial charge in [0.1, 0.15) is 6.04 Å². The molecule has 152 valence electrons. The number of carbonyl (C=O) groups is 4. The van der Waals surface area contributed by atoms with Gasteiger partial charge in [-0.3, -0.25) is 19.3 Å². The summed E-state index contributed by atoms with van der Waals surface area (Å²) < 4.78 is 5.17. The quantitative estimate of drug-likeness (QED) is 0.518. The van der Waals surface area contributed by atoms with Crippen LogP contribution in [0.2, 0.25) is 0 Å². The Morgan fingerprint density at radius 1 is 1.04 bits per heavy atom. The summed E-state index contributed by atoms with van der Waals surface area (Å²) in [5, 5.41) is 2.79. The van der Waals surface area contributed by atoms with Crippen LogP contribution in [-0.4, -0.2) is 47.3 Å². The number of fused-ring (bicyclic) bond motifs is 1. The van der Waals surface area contributed by atoms with Crippen LogP contribution < -0.4 is 5.32 Å². The molecular formula is C21H28N2O5. The molecule has 3 amide bonds. The number of benzene rings is 1. The van der Waals surface area contributed by atoms with Crippen molar-refractivity contribution < 1.29 is 23.9 Å². The van der Waals surface area contributed by atoms with Crippen molar-refractivity contribution in [2.24, 2.45) is 5.92 Å². The summed E-state index contributed by atoms with van der Waals surface area (Å²) in [6.07, 6.45) is 1.82. The summed E-state index contributed by atoms with van der Waals surface area (Å²) in [5.74, 6) is -2.12. The molecule has 7 nitrogen and oxygen atoms in total. The Morgan fingerprint density at radius 2 is 1.57 bits per heavy atom. The number of amides is 3. The minimum absolute atomic E-state index is 0.0221. The van der Waals surface area contributed by atoms with E-state index in [1.807, 2.05) is 27.7 Å². The van der Waals surface area contributed by atoms with Gasteiger partial charge >= 0.3 is 5.97 Å². The summed E-state index contributed by atoms with van der Waals surface area (Å²) in [4.78, 5) is 51.1. The zero-order valence-corrected chi connectivity index (χ0v) is 16.9. The molecule has 0 fully saturated rings.